The Labute approximate surface area is 114 Å². The Balaban J connectivity index is 1.94. The maximum Gasteiger partial charge on any atom is 0.226 e. The van der Waals surface area contributed by atoms with Gasteiger partial charge >= 0.3 is 0 Å². The van der Waals surface area contributed by atoms with E-state index in [4.69, 9.17) is 22.1 Å². The summed E-state index contributed by atoms with van der Waals surface area (Å²) in [6.07, 6.45) is 3.39. The first-order valence-corrected chi connectivity index (χ1v) is 7.66. The molecule has 1 fully saturated rings. The quantitative estimate of drug-likeness (QED) is 0.469. The Hall–Kier alpha value is -0.540. The zero-order valence-electron chi connectivity index (χ0n) is 8.94. The summed E-state index contributed by atoms with van der Waals surface area (Å²) in [5, 5.41) is 0.170. The van der Waals surface area contributed by atoms with Gasteiger partial charge in [-0.3, -0.25) is 3.11 Å². The fourth-order valence-electron chi connectivity index (χ4n) is 1.86. The number of hydrogen-bond donors (Lipinski definition) is 1. The van der Waals surface area contributed by atoms with Gasteiger partial charge in [-0.05, 0) is 30.9 Å². The minimum absolute atomic E-state index is 0.0758. The largest absolute Gasteiger partial charge is 0.382 e. The van der Waals surface area contributed by atoms with Crippen LogP contribution in [-0.2, 0) is 4.74 Å². The monoisotopic (exact) mass is 367 g/mol. The van der Waals surface area contributed by atoms with Crippen LogP contribution in [0.2, 0.25) is 5.28 Å². The first kappa shape index (κ1) is 11.5. The first-order chi connectivity index (χ1) is 8.25. The van der Waals surface area contributed by atoms with Crippen LogP contribution in [0.3, 0.4) is 0 Å². The van der Waals surface area contributed by atoms with Crippen LogP contribution in [0.4, 0.5) is 17.3 Å². The number of nitrogen functional groups attached to an aromatic ring is 1. The van der Waals surface area contributed by atoms with Crippen molar-refractivity contribution < 1.29 is 4.74 Å². The van der Waals surface area contributed by atoms with Crippen LogP contribution < -0.4 is 8.85 Å². The number of nitrogens with two attached hydrogens (primary N) is 1. The van der Waals surface area contributed by atoms with Crippen molar-refractivity contribution >= 4 is 50.2 Å². The number of ether oxygens (including phenoxy) is 1. The molecule has 0 amide bonds. The molecule has 0 spiro atoms. The Morgan fingerprint density at radius 1 is 1.41 bits per heavy atom. The molecule has 2 N–H and O–H groups in total. The zero-order chi connectivity index (χ0) is 11.8. The molecular weight excluding hydrogens is 356 g/mol. The molecule has 0 aliphatic carbocycles. The Morgan fingerprint density at radius 2 is 2.29 bits per heavy atom. The Kier molecular flexibility index (Phi) is 3.14. The molecule has 3 heterocycles. The van der Waals surface area contributed by atoms with E-state index in [-0.39, 0.29) is 11.5 Å². The van der Waals surface area contributed by atoms with Gasteiger partial charge < -0.3 is 10.5 Å². The predicted molar refractivity (Wildman–Crippen MR) is 73.6 cm³/mol. The molecule has 0 radical (unpaired) electrons. The van der Waals surface area contributed by atoms with Crippen molar-refractivity contribution in [1.82, 2.24) is 9.97 Å². The van der Waals surface area contributed by atoms with Crippen LogP contribution in [0.15, 0.2) is 3.15 Å². The van der Waals surface area contributed by atoms with Gasteiger partial charge in [0.05, 0.1) is 0 Å². The molecule has 8 heteroatoms. The normalized spacial score (nSPS) is 23.4. The fraction of sp³-hybridized carbons (Fsp3) is 0.556. The summed E-state index contributed by atoms with van der Waals surface area (Å²) >= 11 is 5.32. The minimum Gasteiger partial charge on any atom is -0.382 e. The maximum absolute atomic E-state index is 5.83. The highest BCUT2D eigenvalue weighted by molar-refractivity contribution is 14.2. The molecule has 1 aromatic rings. The van der Waals surface area contributed by atoms with Crippen molar-refractivity contribution in [2.24, 2.45) is 3.15 Å². The van der Waals surface area contributed by atoms with Gasteiger partial charge in [0.15, 0.2) is 17.3 Å². The van der Waals surface area contributed by atoms with E-state index in [1.807, 2.05) is 0 Å². The lowest BCUT2D eigenvalue weighted by molar-refractivity contribution is 0.0273. The predicted octanol–water partition coefficient (Wildman–Crippen LogP) is 2.76. The van der Waals surface area contributed by atoms with Gasteiger partial charge in [-0.15, -0.1) is 0 Å². The molecule has 1 atom stereocenters. The highest BCUT2D eigenvalue weighted by Crippen LogP contribution is 2.46. The second-order valence-electron chi connectivity index (χ2n) is 3.84. The third kappa shape index (κ3) is 2.11. The molecule has 1 saturated heterocycles. The average molecular weight is 368 g/mol. The molecule has 2 aliphatic heterocycles. The van der Waals surface area contributed by atoms with Crippen molar-refractivity contribution in [2.75, 3.05) is 15.5 Å². The molecular formula is C9H11ClIN5O. The summed E-state index contributed by atoms with van der Waals surface area (Å²) in [6, 6.07) is 0. The molecule has 3 rings (SSSR count). The summed E-state index contributed by atoms with van der Waals surface area (Å²) in [6.45, 7) is 0.800. The Morgan fingerprint density at radius 3 is 3.06 bits per heavy atom. The van der Waals surface area contributed by atoms with E-state index in [2.05, 4.69) is 16.2 Å². The molecule has 0 saturated carbocycles. The van der Waals surface area contributed by atoms with Gasteiger partial charge in [-0.2, -0.15) is 13.1 Å². The number of rotatable bonds is 1. The van der Waals surface area contributed by atoms with Crippen molar-refractivity contribution in [2.45, 2.75) is 25.5 Å². The van der Waals surface area contributed by atoms with Gasteiger partial charge in [0, 0.05) is 6.61 Å². The molecule has 2 aliphatic rings. The lowest BCUT2D eigenvalue weighted by atomic mass is 10.2. The zero-order valence-corrected chi connectivity index (χ0v) is 11.8. The van der Waals surface area contributed by atoms with Crippen molar-refractivity contribution in [3.8, 4) is 0 Å². The third-order valence-electron chi connectivity index (χ3n) is 2.68. The second-order valence-corrected chi connectivity index (χ2v) is 6.13. The van der Waals surface area contributed by atoms with Crippen LogP contribution in [-0.4, -0.2) is 22.8 Å². The van der Waals surface area contributed by atoms with E-state index in [0.29, 0.717) is 11.5 Å². The number of aromatic nitrogens is 2. The van der Waals surface area contributed by atoms with Gasteiger partial charge in [-0.1, -0.05) is 0 Å². The minimum atomic E-state index is -0.516. The smallest absolute Gasteiger partial charge is 0.226 e. The summed E-state index contributed by atoms with van der Waals surface area (Å²) in [4.78, 5) is 8.14. The number of anilines is 2. The number of halogens is 2. The van der Waals surface area contributed by atoms with Gasteiger partial charge in [-0.25, -0.2) is 0 Å². The molecule has 0 aromatic carbocycles. The van der Waals surface area contributed by atoms with E-state index in [1.165, 1.54) is 6.42 Å². The summed E-state index contributed by atoms with van der Waals surface area (Å²) in [5.74, 6) is 1.10. The maximum atomic E-state index is 5.83. The van der Waals surface area contributed by atoms with E-state index in [9.17, 15) is 0 Å². The van der Waals surface area contributed by atoms with Gasteiger partial charge in [0.1, 0.15) is 27.5 Å². The van der Waals surface area contributed by atoms with Crippen LogP contribution >= 0.6 is 32.9 Å². The van der Waals surface area contributed by atoms with Crippen molar-refractivity contribution in [3.63, 3.8) is 0 Å². The number of fused-ring (bicyclic) bond motifs is 1. The van der Waals surface area contributed by atoms with Crippen molar-refractivity contribution in [1.29, 1.82) is 0 Å². The standard InChI is InChI=1S/C9H11ClIN5O/c10-9-13-7(12)6-8(14-9)16(11-15-6)5-3-1-2-4-17-5/h5H,1-4H2,(H2,12,13,14). The lowest BCUT2D eigenvalue weighted by Crippen LogP contribution is -2.32. The second kappa shape index (κ2) is 4.62. The van der Waals surface area contributed by atoms with Crippen LogP contribution in [0.1, 0.15) is 19.3 Å². The summed E-state index contributed by atoms with van der Waals surface area (Å²) < 4.78 is 12.3. The number of hydrogen-bond acceptors (Lipinski definition) is 6. The van der Waals surface area contributed by atoms with E-state index in [0.717, 1.165) is 25.3 Å². The summed E-state index contributed by atoms with van der Waals surface area (Å²) in [5.41, 5.74) is 6.46. The van der Waals surface area contributed by atoms with Crippen molar-refractivity contribution in [3.05, 3.63) is 5.28 Å². The van der Waals surface area contributed by atoms with Gasteiger partial charge in [0.25, 0.3) is 0 Å². The molecule has 1 aromatic heterocycles. The lowest BCUT2D eigenvalue weighted by Gasteiger charge is -2.29. The molecule has 1 unspecified atom stereocenters. The van der Waals surface area contributed by atoms with E-state index < -0.39 is 21.3 Å². The molecule has 0 bridgehead atoms. The van der Waals surface area contributed by atoms with Crippen LogP contribution in [0.25, 0.3) is 0 Å². The highest BCUT2D eigenvalue weighted by Gasteiger charge is 2.30. The van der Waals surface area contributed by atoms with Crippen LogP contribution in [0, 0.1) is 0 Å². The molecule has 92 valence electrons. The molecule has 6 nitrogen and oxygen atoms in total. The average Bonchev–Trinajstić information content (AvgIpc) is 2.74. The SMILES string of the molecule is Nc1nc(Cl)nc2c1N=IN2C1CCCCO1. The topological polar surface area (TPSA) is 76.6 Å². The van der Waals surface area contributed by atoms with E-state index in [1.54, 1.807) is 0 Å². The molecule has 17 heavy (non-hydrogen) atoms. The third-order valence-corrected chi connectivity index (χ3v) is 5.09. The Bertz CT molecular complexity index is 477. The highest BCUT2D eigenvalue weighted by atomic mass is 127. The first-order valence-electron chi connectivity index (χ1n) is 5.35. The van der Waals surface area contributed by atoms with Crippen LogP contribution in [0.5, 0.6) is 0 Å². The van der Waals surface area contributed by atoms with E-state index >= 15 is 0 Å². The fourth-order valence-corrected chi connectivity index (χ4v) is 4.20. The van der Waals surface area contributed by atoms with Gasteiger partial charge in [0.2, 0.25) is 5.28 Å². The summed E-state index contributed by atoms with van der Waals surface area (Å²) in [7, 11) is 0. The number of nitrogens with zero attached hydrogens (tertiary/aromatic N) is 4.